The summed E-state index contributed by atoms with van der Waals surface area (Å²) in [5.74, 6) is -0.450. The number of hydrogen-bond acceptors (Lipinski definition) is 5. The Kier molecular flexibility index (Phi) is 4.52. The number of para-hydroxylation sites is 1. The summed E-state index contributed by atoms with van der Waals surface area (Å²) in [6.45, 7) is 1.99. The molecule has 0 unspecified atom stereocenters. The van der Waals surface area contributed by atoms with E-state index in [0.29, 0.717) is 17.3 Å². The predicted octanol–water partition coefficient (Wildman–Crippen LogP) is 3.11. The van der Waals surface area contributed by atoms with Gasteiger partial charge in [0.15, 0.2) is 15.4 Å². The Labute approximate surface area is 122 Å². The third kappa shape index (κ3) is 3.36. The predicted molar refractivity (Wildman–Crippen MR) is 80.0 cm³/mol. The molecular weight excluding hydrogens is 292 g/mol. The zero-order chi connectivity index (χ0) is 15.5. The smallest absolute Gasteiger partial charge is 0.358 e. The molecule has 2 rings (SSSR count). The molecular formula is C14H16N2O4S. The lowest BCUT2D eigenvalue weighted by Gasteiger charge is -2.06. The second kappa shape index (κ2) is 6.17. The quantitative estimate of drug-likeness (QED) is 0.464. The van der Waals surface area contributed by atoms with E-state index in [9.17, 15) is 18.5 Å². The van der Waals surface area contributed by atoms with Gasteiger partial charge in [0.25, 0.3) is 0 Å². The molecule has 112 valence electrons. The molecule has 0 saturated heterocycles. The minimum absolute atomic E-state index is 0.00379. The van der Waals surface area contributed by atoms with E-state index >= 15 is 0 Å². The van der Waals surface area contributed by atoms with Crippen LogP contribution in [0, 0.1) is 10.1 Å². The Morgan fingerprint density at radius 3 is 2.62 bits per heavy atom. The van der Waals surface area contributed by atoms with Crippen molar-refractivity contribution in [3.05, 3.63) is 40.4 Å². The van der Waals surface area contributed by atoms with Crippen LogP contribution in [0.15, 0.2) is 35.2 Å². The van der Waals surface area contributed by atoms with Gasteiger partial charge in [-0.05, 0) is 28.5 Å². The monoisotopic (exact) mass is 308 g/mol. The fourth-order valence-corrected chi connectivity index (χ4v) is 3.73. The lowest BCUT2D eigenvalue weighted by molar-refractivity contribution is -0.389. The zero-order valence-electron chi connectivity index (χ0n) is 11.7. The van der Waals surface area contributed by atoms with Crippen LogP contribution in [0.2, 0.25) is 0 Å². The highest BCUT2D eigenvalue weighted by atomic mass is 32.2. The summed E-state index contributed by atoms with van der Waals surface area (Å²) in [6, 6.07) is 7.63. The number of aromatic nitrogens is 1. The molecule has 0 spiro atoms. The Hall–Kier alpha value is -2.02. The summed E-state index contributed by atoms with van der Waals surface area (Å²) < 4.78 is 24.9. The molecule has 2 aromatic rings. The summed E-state index contributed by atoms with van der Waals surface area (Å²) in [7, 11) is -3.56. The van der Waals surface area contributed by atoms with E-state index in [-0.39, 0.29) is 10.6 Å². The standard InChI is InChI=1S/C14H16N2O4S/c1-2-3-6-9-21(19,20)13-10-14(16(17)18)15-12-8-5-4-7-11(12)13/h4-5,7-8,10H,2-3,6,9H2,1H3. The second-order valence-corrected chi connectivity index (χ2v) is 6.86. The van der Waals surface area contributed by atoms with Crippen molar-refractivity contribution in [3.63, 3.8) is 0 Å². The molecule has 0 atom stereocenters. The van der Waals surface area contributed by atoms with Crippen molar-refractivity contribution in [2.75, 3.05) is 5.75 Å². The number of rotatable bonds is 6. The first-order valence-corrected chi connectivity index (χ1v) is 8.38. The van der Waals surface area contributed by atoms with Gasteiger partial charge in [0.2, 0.25) is 0 Å². The van der Waals surface area contributed by atoms with E-state index in [2.05, 4.69) is 4.98 Å². The van der Waals surface area contributed by atoms with E-state index in [1.807, 2.05) is 6.92 Å². The summed E-state index contributed by atoms with van der Waals surface area (Å²) in [4.78, 5) is 14.1. The molecule has 0 aliphatic rings. The molecule has 1 aromatic heterocycles. The van der Waals surface area contributed by atoms with Gasteiger partial charge in [-0.25, -0.2) is 8.42 Å². The first-order chi connectivity index (χ1) is 9.95. The largest absolute Gasteiger partial charge is 0.365 e. The molecule has 0 aliphatic heterocycles. The first-order valence-electron chi connectivity index (χ1n) is 6.72. The van der Waals surface area contributed by atoms with Gasteiger partial charge >= 0.3 is 5.82 Å². The van der Waals surface area contributed by atoms with E-state index in [1.54, 1.807) is 24.3 Å². The van der Waals surface area contributed by atoms with Gasteiger partial charge in [-0.2, -0.15) is 0 Å². The SMILES string of the molecule is CCCCCS(=O)(=O)c1cc([N+](=O)[O-])nc2ccccc12. The number of sulfone groups is 1. The number of fused-ring (bicyclic) bond motifs is 1. The molecule has 0 bridgehead atoms. The normalized spacial score (nSPS) is 11.7. The fourth-order valence-electron chi connectivity index (χ4n) is 2.13. The lowest BCUT2D eigenvalue weighted by Crippen LogP contribution is -2.09. The van der Waals surface area contributed by atoms with E-state index in [1.165, 1.54) is 0 Å². The maximum absolute atomic E-state index is 12.4. The van der Waals surface area contributed by atoms with E-state index in [4.69, 9.17) is 0 Å². The summed E-state index contributed by atoms with van der Waals surface area (Å²) >= 11 is 0. The van der Waals surface area contributed by atoms with Crippen molar-refractivity contribution >= 4 is 26.6 Å². The molecule has 21 heavy (non-hydrogen) atoms. The van der Waals surface area contributed by atoms with Crippen molar-refractivity contribution in [1.82, 2.24) is 4.98 Å². The maximum atomic E-state index is 12.4. The highest BCUT2D eigenvalue weighted by Gasteiger charge is 2.23. The van der Waals surface area contributed by atoms with Gasteiger partial charge in [0.1, 0.15) is 0 Å². The summed E-state index contributed by atoms with van der Waals surface area (Å²) in [5, 5.41) is 11.4. The average molecular weight is 308 g/mol. The summed E-state index contributed by atoms with van der Waals surface area (Å²) in [5.41, 5.74) is 0.320. The van der Waals surface area contributed by atoms with Crippen LogP contribution in [0.25, 0.3) is 10.9 Å². The van der Waals surface area contributed by atoms with Crippen molar-refractivity contribution in [1.29, 1.82) is 0 Å². The van der Waals surface area contributed by atoms with E-state index in [0.717, 1.165) is 18.9 Å². The molecule has 1 aromatic carbocycles. The van der Waals surface area contributed by atoms with Crippen LogP contribution in [0.4, 0.5) is 5.82 Å². The molecule has 0 fully saturated rings. The zero-order valence-corrected chi connectivity index (χ0v) is 12.5. The number of unbranched alkanes of at least 4 members (excludes halogenated alkanes) is 2. The Balaban J connectivity index is 2.58. The van der Waals surface area contributed by atoms with E-state index < -0.39 is 20.6 Å². The van der Waals surface area contributed by atoms with Crippen LogP contribution in [0.1, 0.15) is 26.2 Å². The molecule has 0 aliphatic carbocycles. The molecule has 0 amide bonds. The van der Waals surface area contributed by atoms with Gasteiger partial charge in [-0.1, -0.05) is 31.9 Å². The number of benzene rings is 1. The van der Waals surface area contributed by atoms with Crippen molar-refractivity contribution in [2.45, 2.75) is 31.1 Å². The number of hydrogen-bond donors (Lipinski definition) is 0. The lowest BCUT2D eigenvalue weighted by atomic mass is 10.2. The van der Waals surface area contributed by atoms with Gasteiger partial charge in [-0.15, -0.1) is 0 Å². The Bertz CT molecular complexity index is 772. The number of nitro groups is 1. The topological polar surface area (TPSA) is 90.2 Å². The minimum atomic E-state index is -3.56. The van der Waals surface area contributed by atoms with Gasteiger partial charge in [-0.3, -0.25) is 0 Å². The average Bonchev–Trinajstić information content (AvgIpc) is 2.46. The van der Waals surface area contributed by atoms with Crippen LogP contribution in [0.3, 0.4) is 0 Å². The minimum Gasteiger partial charge on any atom is -0.358 e. The second-order valence-electron chi connectivity index (χ2n) is 4.78. The highest BCUT2D eigenvalue weighted by molar-refractivity contribution is 7.91. The van der Waals surface area contributed by atoms with Crippen LogP contribution in [-0.2, 0) is 9.84 Å². The maximum Gasteiger partial charge on any atom is 0.365 e. The van der Waals surface area contributed by atoms with Gasteiger partial charge < -0.3 is 10.1 Å². The van der Waals surface area contributed by atoms with Crippen molar-refractivity contribution in [3.8, 4) is 0 Å². The van der Waals surface area contributed by atoms with Gasteiger partial charge in [0.05, 0.1) is 16.7 Å². The number of nitrogens with zero attached hydrogens (tertiary/aromatic N) is 2. The van der Waals surface area contributed by atoms with Crippen molar-refractivity contribution in [2.24, 2.45) is 0 Å². The Morgan fingerprint density at radius 2 is 1.95 bits per heavy atom. The molecule has 0 radical (unpaired) electrons. The third-order valence-corrected chi connectivity index (χ3v) is 5.04. The molecule has 6 nitrogen and oxygen atoms in total. The van der Waals surface area contributed by atoms with Gasteiger partial charge in [0, 0.05) is 5.39 Å². The molecule has 0 N–H and O–H groups in total. The van der Waals surface area contributed by atoms with Crippen LogP contribution in [-0.4, -0.2) is 24.1 Å². The van der Waals surface area contributed by atoms with Crippen molar-refractivity contribution < 1.29 is 13.3 Å². The molecule has 7 heteroatoms. The number of pyridine rings is 1. The van der Waals surface area contributed by atoms with Crippen LogP contribution >= 0.6 is 0 Å². The Morgan fingerprint density at radius 1 is 1.24 bits per heavy atom. The molecule has 1 heterocycles. The first kappa shape index (κ1) is 15.4. The fraction of sp³-hybridized carbons (Fsp3) is 0.357. The third-order valence-electron chi connectivity index (χ3n) is 3.20. The van der Waals surface area contributed by atoms with Crippen LogP contribution in [0.5, 0.6) is 0 Å². The molecule has 0 saturated carbocycles. The highest BCUT2D eigenvalue weighted by Crippen LogP contribution is 2.27. The van der Waals surface area contributed by atoms with Crippen LogP contribution < -0.4 is 0 Å². The summed E-state index contributed by atoms with van der Waals surface area (Å²) in [6.07, 6.45) is 2.26.